The Morgan fingerprint density at radius 2 is 1.75 bits per heavy atom. The van der Waals surface area contributed by atoms with Crippen molar-refractivity contribution in [3.63, 3.8) is 0 Å². The van der Waals surface area contributed by atoms with Gasteiger partial charge in [-0.15, -0.1) is 0 Å². The van der Waals surface area contributed by atoms with E-state index in [1.54, 1.807) is 12.1 Å². The predicted molar refractivity (Wildman–Crippen MR) is 103 cm³/mol. The minimum atomic E-state index is -1.34. The van der Waals surface area contributed by atoms with E-state index in [2.05, 4.69) is 5.32 Å². The third-order valence-corrected chi connectivity index (χ3v) is 4.59. The maximum absolute atomic E-state index is 12.6. The molecule has 0 spiro atoms. The van der Waals surface area contributed by atoms with Gasteiger partial charge in [0, 0.05) is 24.5 Å². The summed E-state index contributed by atoms with van der Waals surface area (Å²) >= 11 is 5.99. The summed E-state index contributed by atoms with van der Waals surface area (Å²) in [6.45, 7) is 6.15. The van der Waals surface area contributed by atoms with Gasteiger partial charge in [-0.25, -0.2) is 0 Å². The second-order valence-corrected chi connectivity index (χ2v) is 7.80. The van der Waals surface area contributed by atoms with Crippen LogP contribution in [0.25, 0.3) is 0 Å². The molecule has 0 saturated heterocycles. The minimum absolute atomic E-state index is 0.0263. The number of halogens is 1. The number of hydrogen-bond donors (Lipinski definition) is 1. The van der Waals surface area contributed by atoms with Gasteiger partial charge >= 0.3 is 0 Å². The van der Waals surface area contributed by atoms with Gasteiger partial charge in [0.25, 0.3) is 11.6 Å². The Morgan fingerprint density at radius 1 is 1.14 bits per heavy atom. The number of rotatable bonds is 6. The van der Waals surface area contributed by atoms with Crippen molar-refractivity contribution < 1.29 is 19.6 Å². The molecule has 0 heterocycles. The Kier molecular flexibility index (Phi) is 6.41. The number of nitrogens with one attached hydrogen (secondary N) is 1. The monoisotopic (exact) mass is 403 g/mol. The average Bonchev–Trinajstić information content (AvgIpc) is 2.60. The highest BCUT2D eigenvalue weighted by Gasteiger charge is 2.21. The fourth-order valence-electron chi connectivity index (χ4n) is 2.67. The molecule has 0 aromatic heterocycles. The number of nitro benzene ring substituents is 1. The van der Waals surface area contributed by atoms with Crippen molar-refractivity contribution in [2.24, 2.45) is 0 Å². The summed E-state index contributed by atoms with van der Waals surface area (Å²) in [5.74, 6) is -2.05. The maximum atomic E-state index is 12.6. The Labute approximate surface area is 167 Å². The summed E-state index contributed by atoms with van der Waals surface area (Å²) in [6.07, 6.45) is -0.451. The van der Waals surface area contributed by atoms with E-state index in [1.165, 1.54) is 12.1 Å². The lowest BCUT2D eigenvalue weighted by molar-refractivity contribution is -0.384. The van der Waals surface area contributed by atoms with Crippen molar-refractivity contribution in [1.82, 2.24) is 5.32 Å². The first-order valence-corrected chi connectivity index (χ1v) is 8.92. The molecule has 0 bridgehead atoms. The first-order valence-electron chi connectivity index (χ1n) is 8.54. The fourth-order valence-corrected chi connectivity index (χ4v) is 2.87. The third-order valence-electron chi connectivity index (χ3n) is 4.26. The van der Waals surface area contributed by atoms with Crippen LogP contribution in [0.4, 0.5) is 5.69 Å². The van der Waals surface area contributed by atoms with Crippen LogP contribution in [0.15, 0.2) is 42.5 Å². The number of hydrogen-bond acceptors (Lipinski definition) is 5. The highest BCUT2D eigenvalue weighted by atomic mass is 35.5. The van der Waals surface area contributed by atoms with Gasteiger partial charge in [0.1, 0.15) is 0 Å². The van der Waals surface area contributed by atoms with Crippen molar-refractivity contribution in [2.45, 2.75) is 38.6 Å². The molecule has 2 aromatic carbocycles. The van der Waals surface area contributed by atoms with Crippen LogP contribution in [0, 0.1) is 10.1 Å². The topological polar surface area (TPSA) is 112 Å². The van der Waals surface area contributed by atoms with Crippen LogP contribution in [-0.2, 0) is 10.2 Å². The molecule has 28 heavy (non-hydrogen) atoms. The number of carbonyl (C=O) groups is 2. The number of carboxylic acids is 1. The van der Waals surface area contributed by atoms with Crippen LogP contribution < -0.4 is 10.4 Å². The van der Waals surface area contributed by atoms with Crippen LogP contribution in [0.5, 0.6) is 0 Å². The predicted octanol–water partition coefficient (Wildman–Crippen LogP) is 3.16. The van der Waals surface area contributed by atoms with Crippen LogP contribution in [-0.4, -0.2) is 16.8 Å². The van der Waals surface area contributed by atoms with Gasteiger partial charge in [0.15, 0.2) is 0 Å². The summed E-state index contributed by atoms with van der Waals surface area (Å²) in [5.41, 5.74) is 1.15. The molecule has 0 saturated carbocycles. The molecule has 7 nitrogen and oxygen atoms in total. The quantitative estimate of drug-likeness (QED) is 0.588. The molecule has 2 aromatic rings. The molecule has 1 atom stereocenters. The first-order chi connectivity index (χ1) is 13.0. The van der Waals surface area contributed by atoms with E-state index in [0.29, 0.717) is 5.56 Å². The molecule has 0 aliphatic rings. The van der Waals surface area contributed by atoms with Crippen molar-refractivity contribution in [3.8, 4) is 0 Å². The number of amides is 1. The van der Waals surface area contributed by atoms with Gasteiger partial charge in [0.05, 0.1) is 21.6 Å². The van der Waals surface area contributed by atoms with Crippen LogP contribution >= 0.6 is 11.6 Å². The Morgan fingerprint density at radius 3 is 2.25 bits per heavy atom. The summed E-state index contributed by atoms with van der Waals surface area (Å²) in [6, 6.07) is 9.82. The van der Waals surface area contributed by atoms with Gasteiger partial charge in [-0.3, -0.25) is 14.9 Å². The fraction of sp³-hybridized carbons (Fsp3) is 0.300. The second-order valence-electron chi connectivity index (χ2n) is 7.40. The second kappa shape index (κ2) is 8.39. The molecule has 0 unspecified atom stereocenters. The van der Waals surface area contributed by atoms with E-state index in [4.69, 9.17) is 11.6 Å². The molecule has 0 aliphatic carbocycles. The third kappa shape index (κ3) is 5.29. The number of carbonyl (C=O) groups excluding carboxylic acids is 2. The van der Waals surface area contributed by atoms with E-state index < -0.39 is 29.3 Å². The lowest BCUT2D eigenvalue weighted by Gasteiger charge is -2.23. The van der Waals surface area contributed by atoms with E-state index in [0.717, 1.165) is 11.6 Å². The van der Waals surface area contributed by atoms with E-state index in [1.807, 2.05) is 32.9 Å². The molecule has 148 valence electrons. The molecular weight excluding hydrogens is 384 g/mol. The van der Waals surface area contributed by atoms with Gasteiger partial charge < -0.3 is 15.2 Å². The zero-order chi connectivity index (χ0) is 21.1. The largest absolute Gasteiger partial charge is 0.550 e. The van der Waals surface area contributed by atoms with Crippen LogP contribution in [0.2, 0.25) is 5.02 Å². The van der Waals surface area contributed by atoms with E-state index in [-0.39, 0.29) is 21.7 Å². The highest BCUT2D eigenvalue weighted by Crippen LogP contribution is 2.26. The van der Waals surface area contributed by atoms with Gasteiger partial charge in [-0.2, -0.15) is 0 Å². The summed E-state index contributed by atoms with van der Waals surface area (Å²) in [7, 11) is 0. The Balaban J connectivity index is 2.32. The highest BCUT2D eigenvalue weighted by molar-refractivity contribution is 6.34. The number of carboxylic acid groups (broad SMARTS) is 1. The van der Waals surface area contributed by atoms with Gasteiger partial charge in [-0.1, -0.05) is 56.6 Å². The summed E-state index contributed by atoms with van der Waals surface area (Å²) in [5, 5.41) is 24.7. The van der Waals surface area contributed by atoms with Crippen LogP contribution in [0.1, 0.15) is 54.7 Å². The standard InChI is InChI=1S/C20H21ClN2O5/c1-20(2,3)13-6-4-12(5-7-13)17(11-18(24)25)22-19(26)15-10-14(23(27)28)8-9-16(15)21/h4-10,17H,11H2,1-3H3,(H,22,26)(H,24,25)/p-1/t17-/m1/s1. The summed E-state index contributed by atoms with van der Waals surface area (Å²) < 4.78 is 0. The van der Waals surface area contributed by atoms with E-state index in [9.17, 15) is 24.8 Å². The number of aliphatic carboxylic acids is 1. The van der Waals surface area contributed by atoms with Crippen molar-refractivity contribution in [2.75, 3.05) is 0 Å². The van der Waals surface area contributed by atoms with Gasteiger partial charge in [-0.05, 0) is 22.6 Å². The number of nitro groups is 1. The SMILES string of the molecule is CC(C)(C)c1ccc([C@@H](CC(=O)[O-])NC(=O)c2cc([N+](=O)[O-])ccc2Cl)cc1. The first kappa shape index (κ1) is 21.4. The minimum Gasteiger partial charge on any atom is -0.550 e. The molecule has 0 fully saturated rings. The van der Waals surface area contributed by atoms with Gasteiger partial charge in [0.2, 0.25) is 0 Å². The maximum Gasteiger partial charge on any atom is 0.270 e. The van der Waals surface area contributed by atoms with Crippen molar-refractivity contribution in [1.29, 1.82) is 0 Å². The summed E-state index contributed by atoms with van der Waals surface area (Å²) in [4.78, 5) is 34.1. The zero-order valence-corrected chi connectivity index (χ0v) is 16.4. The molecule has 1 amide bonds. The van der Waals surface area contributed by atoms with Crippen molar-refractivity contribution >= 4 is 29.2 Å². The number of benzene rings is 2. The lowest BCUT2D eigenvalue weighted by Crippen LogP contribution is -2.34. The Hall–Kier alpha value is -2.93. The molecule has 0 radical (unpaired) electrons. The zero-order valence-electron chi connectivity index (χ0n) is 15.7. The molecular formula is C20H20ClN2O5-. The average molecular weight is 404 g/mol. The molecule has 8 heteroatoms. The molecule has 0 aliphatic heterocycles. The smallest absolute Gasteiger partial charge is 0.270 e. The Bertz CT molecular complexity index is 904. The number of non-ortho nitro benzene ring substituents is 1. The normalized spacial score (nSPS) is 12.3. The molecule has 1 N–H and O–H groups in total. The lowest BCUT2D eigenvalue weighted by atomic mass is 9.86. The number of nitrogens with zero attached hydrogens (tertiary/aromatic N) is 1. The van der Waals surface area contributed by atoms with Crippen molar-refractivity contribution in [3.05, 3.63) is 74.3 Å². The van der Waals surface area contributed by atoms with E-state index >= 15 is 0 Å². The van der Waals surface area contributed by atoms with Crippen LogP contribution in [0.3, 0.4) is 0 Å². The molecule has 2 rings (SSSR count).